The molecule has 0 unspecified atom stereocenters. The van der Waals surface area contributed by atoms with Gasteiger partial charge in [-0.15, -0.1) is 24.8 Å². The minimum absolute atomic E-state index is 0.722. The van der Waals surface area contributed by atoms with Crippen molar-refractivity contribution in [1.82, 2.24) is 0 Å². The summed E-state index contributed by atoms with van der Waals surface area (Å²) in [5, 5.41) is 0. The van der Waals surface area contributed by atoms with Crippen LogP contribution in [0.2, 0.25) is 0 Å². The lowest BCUT2D eigenvalue weighted by atomic mass is 11.0. The Balaban J connectivity index is -0.0000000483. The molecule has 0 saturated heterocycles. The maximum absolute atomic E-state index is 5.00. The maximum atomic E-state index is 5.00. The van der Waals surface area contributed by atoms with Crippen molar-refractivity contribution in [3.05, 3.63) is 25.3 Å². The normalized spacial score (nSPS) is 4.38. The molecule has 0 aliphatic rings. The Morgan fingerprint density at radius 3 is 1.50 bits per heavy atom. The van der Waals surface area contributed by atoms with Crippen molar-refractivity contribution in [3.8, 4) is 0 Å². The van der Waals surface area contributed by atoms with E-state index in [0.717, 1.165) is 5.88 Å². The minimum Gasteiger partial charge on any atom is -0.127 e. The van der Waals surface area contributed by atoms with Gasteiger partial charge < -0.3 is 0 Å². The third-order valence-corrected chi connectivity index (χ3v) is 0. The third kappa shape index (κ3) is 43100. The summed E-state index contributed by atoms with van der Waals surface area (Å²) in [5.41, 5.74) is 1.22. The van der Waals surface area contributed by atoms with Crippen LogP contribution in [-0.2, 0) is 0 Å². The van der Waals surface area contributed by atoms with E-state index in [1.807, 2.05) is 6.92 Å². The Kier molecular flexibility index (Phi) is 120. The molecule has 50 valence electrons. The van der Waals surface area contributed by atoms with Crippen molar-refractivity contribution < 1.29 is 0 Å². The van der Waals surface area contributed by atoms with E-state index in [0.29, 0.717) is 0 Å². The summed E-state index contributed by atoms with van der Waals surface area (Å²) in [4.78, 5) is 0. The second-order valence-electron chi connectivity index (χ2n) is 0.422. The zero-order valence-corrected chi connectivity index (χ0v) is 6.67. The Hall–Kier alpha value is 0.0600. The fourth-order valence-electron chi connectivity index (χ4n) is 0. The molecule has 0 aromatic rings. The van der Waals surface area contributed by atoms with Gasteiger partial charge in [-0.2, -0.15) is 0 Å². The molecule has 0 amide bonds. The number of hydrogen-bond donors (Lipinski definition) is 0. The van der Waals surface area contributed by atoms with Gasteiger partial charge in [0.1, 0.15) is 0 Å². The van der Waals surface area contributed by atoms with Crippen LogP contribution in [0.5, 0.6) is 0 Å². The highest BCUT2D eigenvalue weighted by Gasteiger charge is 1.38. The van der Waals surface area contributed by atoms with Crippen LogP contribution in [0.15, 0.2) is 25.3 Å². The predicted molar refractivity (Wildman–Crippen MR) is 43.7 cm³/mol. The quantitative estimate of drug-likeness (QED) is 0.371. The van der Waals surface area contributed by atoms with E-state index in [2.05, 4.69) is 19.7 Å². The Labute approximate surface area is 61.8 Å². The molecule has 0 saturated carbocycles. The second-order valence-corrected chi connectivity index (χ2v) is 1.26. The first-order valence-corrected chi connectivity index (χ1v) is 3.07. The molecule has 0 atom stereocenters. The molecule has 0 bridgehead atoms. The van der Waals surface area contributed by atoms with Gasteiger partial charge in [0.25, 0.3) is 0 Å². The second kappa shape index (κ2) is 61.1. The lowest BCUT2D eigenvalue weighted by molar-refractivity contribution is 1.51. The summed E-state index contributed by atoms with van der Waals surface area (Å²) in [6.45, 7) is 11.0. The molecule has 0 spiro atoms. The summed E-state index contributed by atoms with van der Waals surface area (Å²) in [7, 11) is 0. The largest absolute Gasteiger partial charge is 0.127 e. The zero-order valence-electron chi connectivity index (χ0n) is 5.16. The van der Waals surface area contributed by atoms with E-state index in [-0.39, 0.29) is 0 Å². The van der Waals surface area contributed by atoms with Gasteiger partial charge in [-0.25, -0.2) is 0 Å². The number of hydrogen-bond acceptors (Lipinski definition) is 0. The fourth-order valence-corrected chi connectivity index (χ4v) is 0. The lowest BCUT2D eigenvalue weighted by Gasteiger charge is -1.45. The van der Waals surface area contributed by atoms with Crippen LogP contribution in [0.1, 0.15) is 6.92 Å². The van der Waals surface area contributed by atoms with Crippen LogP contribution in [0.3, 0.4) is 0 Å². The fraction of sp³-hybridized carbons (Fsp3) is 0.333. The molecule has 0 fully saturated rings. The molecule has 0 aromatic heterocycles. The molecule has 0 radical (unpaired) electrons. The molecule has 8 heavy (non-hydrogen) atoms. The highest BCUT2D eigenvalue weighted by Crippen LogP contribution is 1.60. The lowest BCUT2D eigenvalue weighted by Crippen LogP contribution is -1.36. The van der Waals surface area contributed by atoms with E-state index in [1.165, 1.54) is 5.54 Å². The van der Waals surface area contributed by atoms with Gasteiger partial charge >= 0.3 is 0 Å². The first kappa shape index (κ1) is 15.7. The van der Waals surface area contributed by atoms with Gasteiger partial charge in [-0.05, 0) is 5.54 Å². The standard InChI is InChI=1S/C2H5Cl.C2H3Cl.C2H4/c2*1-2-3;1-2/h2H2,1H3;2H,1H2;1-2H2. The highest BCUT2D eigenvalue weighted by molar-refractivity contribution is 6.25. The minimum atomic E-state index is 0.722. The number of alkyl halides is 1. The average Bonchev–Trinajstić information content (AvgIpc) is 1.75. The van der Waals surface area contributed by atoms with Gasteiger partial charge in [0.2, 0.25) is 0 Å². The highest BCUT2D eigenvalue weighted by atomic mass is 35.5. The van der Waals surface area contributed by atoms with Crippen LogP contribution in [0.4, 0.5) is 0 Å². The Morgan fingerprint density at radius 1 is 1.50 bits per heavy atom. The average molecular weight is 155 g/mol. The van der Waals surface area contributed by atoms with E-state index in [1.54, 1.807) is 0 Å². The summed E-state index contributed by atoms with van der Waals surface area (Å²) < 4.78 is 0. The SMILES string of the molecule is C=C.C=CCl.CCCl. The van der Waals surface area contributed by atoms with Crippen LogP contribution < -0.4 is 0 Å². The summed E-state index contributed by atoms with van der Waals surface area (Å²) >= 11 is 9.76. The van der Waals surface area contributed by atoms with Crippen molar-refractivity contribution in [2.45, 2.75) is 6.92 Å². The van der Waals surface area contributed by atoms with Crippen LogP contribution in [0, 0.1) is 0 Å². The molecule has 0 rings (SSSR count). The third-order valence-electron chi connectivity index (χ3n) is 0. The van der Waals surface area contributed by atoms with E-state index in [9.17, 15) is 0 Å². The molecular weight excluding hydrogens is 143 g/mol. The van der Waals surface area contributed by atoms with Gasteiger partial charge in [0.15, 0.2) is 0 Å². The topological polar surface area (TPSA) is 0 Å². The predicted octanol–water partition coefficient (Wildman–Crippen LogP) is 3.42. The first-order valence-electron chi connectivity index (χ1n) is 2.10. The first-order chi connectivity index (χ1) is 3.83. The molecule has 0 heterocycles. The smallest absolute Gasteiger partial charge is 0.0195 e. The van der Waals surface area contributed by atoms with Gasteiger partial charge in [-0.3, -0.25) is 0 Å². The Bertz CT molecular complexity index is 27.7. The summed E-state index contributed by atoms with van der Waals surface area (Å²) in [6.07, 6.45) is 0. The molecule has 0 nitrogen and oxygen atoms in total. The molecule has 2 heteroatoms. The van der Waals surface area contributed by atoms with Crippen molar-refractivity contribution in [2.75, 3.05) is 5.88 Å². The molecule has 0 aromatic carbocycles. The van der Waals surface area contributed by atoms with Crippen molar-refractivity contribution in [1.29, 1.82) is 0 Å². The monoisotopic (exact) mass is 154 g/mol. The van der Waals surface area contributed by atoms with Gasteiger partial charge in [0, 0.05) is 5.88 Å². The zero-order chi connectivity index (χ0) is 7.41. The van der Waals surface area contributed by atoms with E-state index >= 15 is 0 Å². The molecule has 0 aliphatic heterocycles. The van der Waals surface area contributed by atoms with Gasteiger partial charge in [0.05, 0.1) is 0 Å². The van der Waals surface area contributed by atoms with Crippen LogP contribution in [-0.4, -0.2) is 5.88 Å². The Morgan fingerprint density at radius 2 is 1.50 bits per heavy atom. The van der Waals surface area contributed by atoms with Crippen molar-refractivity contribution >= 4 is 23.2 Å². The van der Waals surface area contributed by atoms with Crippen molar-refractivity contribution in [3.63, 3.8) is 0 Å². The van der Waals surface area contributed by atoms with Crippen LogP contribution in [0.25, 0.3) is 0 Å². The summed E-state index contributed by atoms with van der Waals surface area (Å²) in [6, 6.07) is 0. The summed E-state index contributed by atoms with van der Waals surface area (Å²) in [5.74, 6) is 0.722. The van der Waals surface area contributed by atoms with E-state index < -0.39 is 0 Å². The number of rotatable bonds is 0. The van der Waals surface area contributed by atoms with E-state index in [4.69, 9.17) is 23.2 Å². The molecule has 0 N–H and O–H groups in total. The van der Waals surface area contributed by atoms with Crippen molar-refractivity contribution in [2.24, 2.45) is 0 Å². The maximum Gasteiger partial charge on any atom is 0.0195 e. The number of halogens is 2. The van der Waals surface area contributed by atoms with Crippen LogP contribution >= 0.6 is 23.2 Å². The molecule has 0 aliphatic carbocycles. The van der Waals surface area contributed by atoms with Gasteiger partial charge in [-0.1, -0.05) is 25.1 Å². The molecular formula is C6H12Cl2.